The van der Waals surface area contributed by atoms with E-state index < -0.39 is 28.5 Å². The molecule has 4 aromatic carbocycles. The van der Waals surface area contributed by atoms with Gasteiger partial charge in [0.15, 0.2) is 0 Å². The standard InChI is InChI=1S/C34H36BrN3O4S/c1-24-16-18-30(19-17-24)43(41,42)38(31-15-8-10-25(2)26(31)3)23-33(39)37(22-28-13-9-14-29(35)20-28)32(34(40)36-4)21-27-11-6-5-7-12-27/h5-20,32H,21-23H2,1-4H3,(H,36,40). The Morgan fingerprint density at radius 1 is 0.837 bits per heavy atom. The number of sulfonamides is 1. The molecule has 0 spiro atoms. The van der Waals surface area contributed by atoms with Crippen LogP contribution in [-0.2, 0) is 32.6 Å². The van der Waals surface area contributed by atoms with E-state index in [1.54, 1.807) is 36.4 Å². The van der Waals surface area contributed by atoms with Crippen LogP contribution in [0, 0.1) is 20.8 Å². The summed E-state index contributed by atoms with van der Waals surface area (Å²) < 4.78 is 30.4. The Bertz CT molecular complexity index is 1690. The fourth-order valence-electron chi connectivity index (χ4n) is 4.91. The zero-order valence-electron chi connectivity index (χ0n) is 24.7. The molecular formula is C34H36BrN3O4S. The first-order valence-corrected chi connectivity index (χ1v) is 16.2. The monoisotopic (exact) mass is 661 g/mol. The first kappa shape index (κ1) is 32.0. The first-order chi connectivity index (χ1) is 20.5. The van der Waals surface area contributed by atoms with Gasteiger partial charge in [-0.25, -0.2) is 8.42 Å². The SMILES string of the molecule is CNC(=O)C(Cc1ccccc1)N(Cc1cccc(Br)c1)C(=O)CN(c1cccc(C)c1C)S(=O)(=O)c1ccc(C)cc1. The lowest BCUT2D eigenvalue weighted by molar-refractivity contribution is -0.139. The summed E-state index contributed by atoms with van der Waals surface area (Å²) in [4.78, 5) is 29.4. The first-order valence-electron chi connectivity index (χ1n) is 14.0. The summed E-state index contributed by atoms with van der Waals surface area (Å²) in [5.41, 5.74) is 4.65. The van der Waals surface area contributed by atoms with Gasteiger partial charge >= 0.3 is 0 Å². The minimum atomic E-state index is -4.15. The van der Waals surface area contributed by atoms with Crippen molar-refractivity contribution >= 4 is 43.5 Å². The number of hydrogen-bond donors (Lipinski definition) is 1. The van der Waals surface area contributed by atoms with Crippen molar-refractivity contribution in [2.24, 2.45) is 0 Å². The topological polar surface area (TPSA) is 86.8 Å². The average Bonchev–Trinajstić information content (AvgIpc) is 2.99. The molecule has 0 saturated carbocycles. The van der Waals surface area contributed by atoms with E-state index in [1.807, 2.05) is 81.4 Å². The molecule has 0 aromatic heterocycles. The lowest BCUT2D eigenvalue weighted by atomic mass is 10.0. The Balaban J connectivity index is 1.82. The van der Waals surface area contributed by atoms with Crippen molar-refractivity contribution < 1.29 is 18.0 Å². The summed E-state index contributed by atoms with van der Waals surface area (Å²) in [5.74, 6) is -0.840. The fourth-order valence-corrected chi connectivity index (χ4v) is 6.83. The van der Waals surface area contributed by atoms with Crippen LogP contribution < -0.4 is 9.62 Å². The van der Waals surface area contributed by atoms with Gasteiger partial charge in [-0.1, -0.05) is 88.2 Å². The van der Waals surface area contributed by atoms with Crippen LogP contribution in [0.15, 0.2) is 106 Å². The van der Waals surface area contributed by atoms with Crippen LogP contribution in [-0.4, -0.2) is 44.8 Å². The van der Waals surface area contributed by atoms with E-state index in [2.05, 4.69) is 21.2 Å². The molecule has 1 unspecified atom stereocenters. The van der Waals surface area contributed by atoms with Gasteiger partial charge in [-0.05, 0) is 73.4 Å². The van der Waals surface area contributed by atoms with Crippen molar-refractivity contribution in [1.29, 1.82) is 0 Å². The lowest BCUT2D eigenvalue weighted by Crippen LogP contribution is -2.53. The van der Waals surface area contributed by atoms with Crippen molar-refractivity contribution in [3.63, 3.8) is 0 Å². The molecule has 0 fully saturated rings. The Kier molecular flexibility index (Phi) is 10.4. The highest BCUT2D eigenvalue weighted by atomic mass is 79.9. The zero-order valence-corrected chi connectivity index (χ0v) is 27.2. The van der Waals surface area contributed by atoms with Crippen LogP contribution in [0.5, 0.6) is 0 Å². The maximum absolute atomic E-state index is 14.4. The molecule has 0 radical (unpaired) electrons. The molecule has 0 heterocycles. The molecule has 4 aromatic rings. The van der Waals surface area contributed by atoms with Crippen LogP contribution in [0.1, 0.15) is 27.8 Å². The van der Waals surface area contributed by atoms with Crippen LogP contribution in [0.25, 0.3) is 0 Å². The third-order valence-electron chi connectivity index (χ3n) is 7.49. The van der Waals surface area contributed by atoms with Crippen molar-refractivity contribution in [3.05, 3.63) is 129 Å². The van der Waals surface area contributed by atoms with E-state index >= 15 is 0 Å². The molecule has 9 heteroatoms. The summed E-state index contributed by atoms with van der Waals surface area (Å²) in [7, 11) is -2.62. The van der Waals surface area contributed by atoms with E-state index in [0.717, 1.165) is 32.3 Å². The maximum Gasteiger partial charge on any atom is 0.264 e. The molecule has 0 aliphatic rings. The molecule has 0 aliphatic carbocycles. The highest BCUT2D eigenvalue weighted by Gasteiger charge is 2.35. The molecule has 2 amide bonds. The summed E-state index contributed by atoms with van der Waals surface area (Å²) in [6, 6.07) is 28.0. The molecule has 7 nitrogen and oxygen atoms in total. The summed E-state index contributed by atoms with van der Waals surface area (Å²) >= 11 is 3.49. The number of aryl methyl sites for hydroxylation is 2. The van der Waals surface area contributed by atoms with E-state index in [1.165, 1.54) is 16.3 Å². The van der Waals surface area contributed by atoms with Gasteiger partial charge in [-0.2, -0.15) is 0 Å². The minimum Gasteiger partial charge on any atom is -0.357 e. The number of nitrogens with zero attached hydrogens (tertiary/aromatic N) is 2. The quantitative estimate of drug-likeness (QED) is 0.215. The summed E-state index contributed by atoms with van der Waals surface area (Å²) in [6.07, 6.45) is 0.258. The van der Waals surface area contributed by atoms with Gasteiger partial charge in [-0.15, -0.1) is 0 Å². The van der Waals surface area contributed by atoms with Crippen molar-refractivity contribution in [1.82, 2.24) is 10.2 Å². The number of carbonyl (C=O) groups is 2. The number of rotatable bonds is 11. The number of likely N-dealkylation sites (N-methyl/N-ethyl adjacent to an activating group) is 1. The smallest absolute Gasteiger partial charge is 0.264 e. The van der Waals surface area contributed by atoms with Gasteiger partial charge in [0, 0.05) is 24.5 Å². The Morgan fingerprint density at radius 2 is 1.49 bits per heavy atom. The third kappa shape index (κ3) is 7.72. The van der Waals surface area contributed by atoms with E-state index in [-0.39, 0.29) is 23.8 Å². The third-order valence-corrected chi connectivity index (χ3v) is 9.76. The van der Waals surface area contributed by atoms with Crippen molar-refractivity contribution in [3.8, 4) is 0 Å². The molecule has 0 aliphatic heterocycles. The fraction of sp³-hybridized carbons (Fsp3) is 0.235. The number of amides is 2. The van der Waals surface area contributed by atoms with Crippen LogP contribution in [0.2, 0.25) is 0 Å². The maximum atomic E-state index is 14.4. The van der Waals surface area contributed by atoms with Gasteiger partial charge in [0.1, 0.15) is 12.6 Å². The average molecular weight is 663 g/mol. The van der Waals surface area contributed by atoms with Gasteiger partial charge < -0.3 is 10.2 Å². The second kappa shape index (κ2) is 14.0. The number of anilines is 1. The normalized spacial score (nSPS) is 11.9. The van der Waals surface area contributed by atoms with Gasteiger partial charge in [-0.3, -0.25) is 13.9 Å². The molecule has 1 atom stereocenters. The molecule has 0 bridgehead atoms. The molecular weight excluding hydrogens is 626 g/mol. The predicted molar refractivity (Wildman–Crippen MR) is 174 cm³/mol. The second-order valence-electron chi connectivity index (χ2n) is 10.5. The number of halogens is 1. The Morgan fingerprint density at radius 3 is 2.14 bits per heavy atom. The molecule has 224 valence electrons. The number of benzene rings is 4. The number of hydrogen-bond acceptors (Lipinski definition) is 4. The highest BCUT2D eigenvalue weighted by Crippen LogP contribution is 2.29. The number of carbonyl (C=O) groups excluding carboxylic acids is 2. The largest absolute Gasteiger partial charge is 0.357 e. The van der Waals surface area contributed by atoms with Crippen molar-refractivity contribution in [2.75, 3.05) is 17.9 Å². The molecule has 0 saturated heterocycles. The number of nitrogens with one attached hydrogen (secondary N) is 1. The van der Waals surface area contributed by atoms with Crippen molar-refractivity contribution in [2.45, 2.75) is 44.7 Å². The zero-order chi connectivity index (χ0) is 31.1. The summed E-state index contributed by atoms with van der Waals surface area (Å²) in [6.45, 7) is 5.24. The van der Waals surface area contributed by atoms with Crippen LogP contribution >= 0.6 is 15.9 Å². The van der Waals surface area contributed by atoms with Gasteiger partial charge in [0.25, 0.3) is 10.0 Å². The predicted octanol–water partition coefficient (Wildman–Crippen LogP) is 5.96. The molecule has 43 heavy (non-hydrogen) atoms. The van der Waals surface area contributed by atoms with Crippen LogP contribution in [0.4, 0.5) is 5.69 Å². The second-order valence-corrected chi connectivity index (χ2v) is 13.3. The van der Waals surface area contributed by atoms with E-state index in [4.69, 9.17) is 0 Å². The Labute approximate surface area is 262 Å². The Hall–Kier alpha value is -3.95. The van der Waals surface area contributed by atoms with Crippen LogP contribution in [0.3, 0.4) is 0 Å². The van der Waals surface area contributed by atoms with E-state index in [0.29, 0.717) is 5.69 Å². The summed E-state index contributed by atoms with van der Waals surface area (Å²) in [5, 5.41) is 2.71. The van der Waals surface area contributed by atoms with E-state index in [9.17, 15) is 18.0 Å². The van der Waals surface area contributed by atoms with Gasteiger partial charge in [0.05, 0.1) is 10.6 Å². The van der Waals surface area contributed by atoms with Gasteiger partial charge in [0.2, 0.25) is 11.8 Å². The molecule has 1 N–H and O–H groups in total. The minimum absolute atomic E-state index is 0.0810. The highest BCUT2D eigenvalue weighted by molar-refractivity contribution is 9.10. The lowest BCUT2D eigenvalue weighted by Gasteiger charge is -2.34. The molecule has 4 rings (SSSR count).